The second kappa shape index (κ2) is 8.04. The number of aryl methyl sites for hydroxylation is 1. The number of aromatic nitrogens is 1. The zero-order valence-corrected chi connectivity index (χ0v) is 17.4. The first-order valence-electron chi connectivity index (χ1n) is 9.59. The summed E-state index contributed by atoms with van der Waals surface area (Å²) in [6.45, 7) is 3.15. The maximum Gasteiger partial charge on any atom is 0.279 e. The van der Waals surface area contributed by atoms with E-state index in [9.17, 15) is 30.1 Å². The molecule has 0 aliphatic carbocycles. The Bertz CT molecular complexity index is 1420. The van der Waals surface area contributed by atoms with Gasteiger partial charge in [-0.05, 0) is 49.7 Å². The summed E-state index contributed by atoms with van der Waals surface area (Å²) in [5.74, 6) is -0.810. The maximum absolute atomic E-state index is 12.7. The lowest BCUT2D eigenvalue weighted by atomic mass is 10.1. The van der Waals surface area contributed by atoms with Crippen molar-refractivity contribution in [2.24, 2.45) is 0 Å². The molecule has 3 aromatic carbocycles. The van der Waals surface area contributed by atoms with Gasteiger partial charge in [0.25, 0.3) is 17.3 Å². The average molecular weight is 448 g/mol. The predicted molar refractivity (Wildman–Crippen MR) is 118 cm³/mol. The molecule has 0 atom stereocenters. The van der Waals surface area contributed by atoms with Crippen molar-refractivity contribution in [3.8, 4) is 17.2 Å². The molecule has 0 bridgehead atoms. The Kier molecular flexibility index (Phi) is 5.22. The molecule has 1 amide bonds. The Morgan fingerprint density at radius 2 is 1.67 bits per heavy atom. The number of phenolic OH excluding ortho intramolecular Hbond substituents is 1. The smallest absolute Gasteiger partial charge is 0.279 e. The van der Waals surface area contributed by atoms with Crippen molar-refractivity contribution >= 4 is 34.1 Å². The van der Waals surface area contributed by atoms with Crippen LogP contribution in [0.5, 0.6) is 5.75 Å². The first kappa shape index (κ1) is 21.4. The number of anilines is 1. The number of amides is 1. The molecule has 0 saturated carbocycles. The molecule has 11 nitrogen and oxygen atoms in total. The highest BCUT2D eigenvalue weighted by atomic mass is 16.6. The molecule has 1 aromatic heterocycles. The second-order valence-corrected chi connectivity index (χ2v) is 7.33. The van der Waals surface area contributed by atoms with Crippen LogP contribution in [0.4, 0.5) is 17.1 Å². The number of nitro benzene ring substituents is 2. The van der Waals surface area contributed by atoms with Crippen LogP contribution in [0.25, 0.3) is 22.6 Å². The zero-order chi connectivity index (χ0) is 23.9. The van der Waals surface area contributed by atoms with Crippen molar-refractivity contribution in [2.75, 3.05) is 5.32 Å². The number of carbonyl (C=O) groups is 1. The van der Waals surface area contributed by atoms with E-state index in [2.05, 4.69) is 10.3 Å². The van der Waals surface area contributed by atoms with Gasteiger partial charge in [0.1, 0.15) is 16.8 Å². The van der Waals surface area contributed by atoms with Crippen LogP contribution in [0.3, 0.4) is 0 Å². The monoisotopic (exact) mass is 448 g/mol. The number of fused-ring (bicyclic) bond motifs is 1. The zero-order valence-electron chi connectivity index (χ0n) is 17.4. The van der Waals surface area contributed by atoms with Gasteiger partial charge in [0.2, 0.25) is 5.89 Å². The van der Waals surface area contributed by atoms with Gasteiger partial charge in [0.15, 0.2) is 5.58 Å². The van der Waals surface area contributed by atoms with E-state index in [1.807, 2.05) is 19.1 Å². The highest BCUT2D eigenvalue weighted by Gasteiger charge is 2.25. The van der Waals surface area contributed by atoms with Gasteiger partial charge in [-0.3, -0.25) is 25.0 Å². The third kappa shape index (κ3) is 4.06. The molecule has 0 saturated heterocycles. The van der Waals surface area contributed by atoms with Gasteiger partial charge in [0, 0.05) is 17.8 Å². The molecule has 0 spiro atoms. The summed E-state index contributed by atoms with van der Waals surface area (Å²) in [5, 5.41) is 35.3. The van der Waals surface area contributed by atoms with Crippen LogP contribution < -0.4 is 5.32 Å². The fraction of sp³-hybridized carbons (Fsp3) is 0.0909. The molecule has 0 unspecified atom stereocenters. The summed E-state index contributed by atoms with van der Waals surface area (Å²) in [6, 6.07) is 11.5. The number of nitrogens with one attached hydrogen (secondary N) is 1. The van der Waals surface area contributed by atoms with Crippen molar-refractivity contribution in [1.82, 2.24) is 4.98 Å². The molecule has 4 aromatic rings. The van der Waals surface area contributed by atoms with Crippen LogP contribution in [0.1, 0.15) is 21.5 Å². The fourth-order valence-corrected chi connectivity index (χ4v) is 3.34. The Balaban J connectivity index is 1.69. The molecular formula is C22H16N4O7. The summed E-state index contributed by atoms with van der Waals surface area (Å²) in [7, 11) is 0. The summed E-state index contributed by atoms with van der Waals surface area (Å²) in [4.78, 5) is 38.1. The van der Waals surface area contributed by atoms with Gasteiger partial charge >= 0.3 is 0 Å². The Morgan fingerprint density at radius 3 is 2.30 bits per heavy atom. The molecular weight excluding hydrogens is 432 g/mol. The molecule has 166 valence electrons. The third-order valence-corrected chi connectivity index (χ3v) is 5.04. The van der Waals surface area contributed by atoms with Crippen molar-refractivity contribution in [1.29, 1.82) is 0 Å². The number of phenols is 1. The number of hydrogen-bond donors (Lipinski definition) is 2. The molecule has 0 aliphatic rings. The summed E-state index contributed by atoms with van der Waals surface area (Å²) in [5.41, 5.74) is 1.03. The lowest BCUT2D eigenvalue weighted by Crippen LogP contribution is -2.13. The molecule has 33 heavy (non-hydrogen) atoms. The van der Waals surface area contributed by atoms with E-state index in [1.54, 1.807) is 6.07 Å². The topological polar surface area (TPSA) is 162 Å². The highest BCUT2D eigenvalue weighted by molar-refractivity contribution is 6.05. The van der Waals surface area contributed by atoms with E-state index in [0.29, 0.717) is 11.1 Å². The highest BCUT2D eigenvalue weighted by Crippen LogP contribution is 2.34. The number of nitrogens with zero attached hydrogens (tertiary/aromatic N) is 3. The van der Waals surface area contributed by atoms with Crippen molar-refractivity contribution in [2.45, 2.75) is 13.8 Å². The van der Waals surface area contributed by atoms with Gasteiger partial charge < -0.3 is 14.8 Å². The van der Waals surface area contributed by atoms with E-state index in [-0.39, 0.29) is 34.0 Å². The van der Waals surface area contributed by atoms with Crippen molar-refractivity contribution in [3.63, 3.8) is 0 Å². The maximum atomic E-state index is 12.7. The number of hydrogen-bond acceptors (Lipinski definition) is 8. The molecule has 0 radical (unpaired) electrons. The van der Waals surface area contributed by atoms with Crippen LogP contribution in [0, 0.1) is 34.1 Å². The van der Waals surface area contributed by atoms with Gasteiger partial charge in [0.05, 0.1) is 21.0 Å². The third-order valence-electron chi connectivity index (χ3n) is 5.04. The lowest BCUT2D eigenvalue weighted by molar-refractivity contribution is -0.395. The Hall–Kier alpha value is -4.80. The predicted octanol–water partition coefficient (Wildman–Crippen LogP) is 4.89. The quantitative estimate of drug-likeness (QED) is 0.248. The van der Waals surface area contributed by atoms with Gasteiger partial charge in [-0.25, -0.2) is 4.98 Å². The van der Waals surface area contributed by atoms with E-state index in [1.165, 1.54) is 25.1 Å². The summed E-state index contributed by atoms with van der Waals surface area (Å²) >= 11 is 0. The van der Waals surface area contributed by atoms with Crippen LogP contribution in [-0.4, -0.2) is 25.8 Å². The number of carbonyl (C=O) groups excluding carboxylic acids is 1. The van der Waals surface area contributed by atoms with Crippen LogP contribution >= 0.6 is 0 Å². The number of oxazole rings is 1. The van der Waals surface area contributed by atoms with E-state index in [4.69, 9.17) is 4.42 Å². The standard InChI is InChI=1S/C22H16N4O7/c1-11-3-6-20-16(7-11)24-22(33-20)15-10-14(4-5-19(15)27)23-21(28)13-8-17(25(29)30)12(2)18(9-13)26(31)32/h3-10,27H,1-2H3,(H,23,28). The van der Waals surface area contributed by atoms with E-state index < -0.39 is 27.1 Å². The van der Waals surface area contributed by atoms with E-state index in [0.717, 1.165) is 17.7 Å². The molecule has 0 fully saturated rings. The minimum atomic E-state index is -0.800. The number of benzene rings is 3. The molecule has 11 heteroatoms. The Labute approximate surface area is 185 Å². The number of nitro groups is 2. The molecule has 0 aliphatic heterocycles. The van der Waals surface area contributed by atoms with Crippen LogP contribution in [-0.2, 0) is 0 Å². The van der Waals surface area contributed by atoms with Crippen LogP contribution in [0.2, 0.25) is 0 Å². The van der Waals surface area contributed by atoms with Gasteiger partial charge in [-0.1, -0.05) is 6.07 Å². The lowest BCUT2D eigenvalue weighted by Gasteiger charge is -2.09. The van der Waals surface area contributed by atoms with Crippen molar-refractivity contribution in [3.05, 3.63) is 85.4 Å². The Morgan fingerprint density at radius 1 is 1.00 bits per heavy atom. The van der Waals surface area contributed by atoms with Crippen molar-refractivity contribution < 1.29 is 24.2 Å². The van der Waals surface area contributed by atoms with Gasteiger partial charge in [-0.15, -0.1) is 0 Å². The molecule has 1 heterocycles. The summed E-state index contributed by atoms with van der Waals surface area (Å²) < 4.78 is 5.70. The first-order chi connectivity index (χ1) is 15.6. The van der Waals surface area contributed by atoms with E-state index >= 15 is 0 Å². The fourth-order valence-electron chi connectivity index (χ4n) is 3.34. The minimum Gasteiger partial charge on any atom is -0.507 e. The normalized spacial score (nSPS) is 10.8. The average Bonchev–Trinajstić information content (AvgIpc) is 3.17. The number of aromatic hydroxyl groups is 1. The molecule has 4 rings (SSSR count). The second-order valence-electron chi connectivity index (χ2n) is 7.33. The molecule has 2 N–H and O–H groups in total. The number of rotatable bonds is 5. The largest absolute Gasteiger partial charge is 0.507 e. The van der Waals surface area contributed by atoms with Crippen LogP contribution in [0.15, 0.2) is 52.9 Å². The first-order valence-corrected chi connectivity index (χ1v) is 9.59. The summed E-state index contributed by atoms with van der Waals surface area (Å²) in [6.07, 6.45) is 0. The minimum absolute atomic E-state index is 0.130. The SMILES string of the molecule is Cc1ccc2oc(-c3cc(NC(=O)c4cc([N+](=O)[O-])c(C)c([N+](=O)[O-])c4)ccc3O)nc2c1. The van der Waals surface area contributed by atoms with Gasteiger partial charge in [-0.2, -0.15) is 0 Å².